The highest BCUT2D eigenvalue weighted by atomic mass is 19.4. The Morgan fingerprint density at radius 1 is 1.25 bits per heavy atom. The molecule has 0 heterocycles. The largest absolute Gasteiger partial charge is 0.419 e. The Bertz CT molecular complexity index is 445. The van der Waals surface area contributed by atoms with Crippen molar-refractivity contribution in [1.29, 1.82) is 0 Å². The first kappa shape index (κ1) is 16.9. The molecule has 114 valence electrons. The predicted molar refractivity (Wildman–Crippen MR) is 68.6 cm³/mol. The molecule has 0 bridgehead atoms. The van der Waals surface area contributed by atoms with Gasteiger partial charge in [-0.1, -0.05) is 19.9 Å². The summed E-state index contributed by atoms with van der Waals surface area (Å²) in [7, 11) is 0. The van der Waals surface area contributed by atoms with Crippen molar-refractivity contribution in [1.82, 2.24) is 0 Å². The molecule has 0 amide bonds. The lowest BCUT2D eigenvalue weighted by Crippen LogP contribution is -2.33. The van der Waals surface area contributed by atoms with E-state index in [9.17, 15) is 17.6 Å². The quantitative estimate of drug-likeness (QED) is 0.835. The first-order valence-corrected chi connectivity index (χ1v) is 6.42. The fourth-order valence-corrected chi connectivity index (χ4v) is 2.06. The molecule has 2 unspecified atom stereocenters. The summed E-state index contributed by atoms with van der Waals surface area (Å²) >= 11 is 0. The minimum Gasteiger partial charge on any atom is -0.376 e. The van der Waals surface area contributed by atoms with Gasteiger partial charge in [-0.05, 0) is 30.5 Å². The molecule has 0 radical (unpaired) electrons. The minimum absolute atomic E-state index is 0.0651. The van der Waals surface area contributed by atoms with Crippen molar-refractivity contribution in [2.75, 3.05) is 6.61 Å². The number of alkyl halides is 3. The Labute approximate surface area is 115 Å². The van der Waals surface area contributed by atoms with Crippen LogP contribution >= 0.6 is 0 Å². The molecule has 0 saturated carbocycles. The minimum atomic E-state index is -4.70. The maximum Gasteiger partial charge on any atom is 0.419 e. The van der Waals surface area contributed by atoms with Crippen LogP contribution in [0.3, 0.4) is 0 Å². The normalized spacial score (nSPS) is 15.4. The Balaban J connectivity index is 3.05. The molecule has 1 rings (SSSR count). The fraction of sp³-hybridized carbons (Fsp3) is 0.571. The van der Waals surface area contributed by atoms with Crippen LogP contribution in [0.2, 0.25) is 0 Å². The zero-order valence-electron chi connectivity index (χ0n) is 11.7. The van der Waals surface area contributed by atoms with Crippen LogP contribution in [0, 0.1) is 11.7 Å². The number of rotatable bonds is 5. The Hall–Kier alpha value is -1.14. The molecule has 0 saturated heterocycles. The van der Waals surface area contributed by atoms with Crippen molar-refractivity contribution in [3.8, 4) is 0 Å². The van der Waals surface area contributed by atoms with Gasteiger partial charge in [-0.3, -0.25) is 0 Å². The maximum atomic E-state index is 13.5. The second-order valence-electron chi connectivity index (χ2n) is 4.93. The summed E-state index contributed by atoms with van der Waals surface area (Å²) in [5.41, 5.74) is 4.99. The van der Waals surface area contributed by atoms with Crippen molar-refractivity contribution in [2.45, 2.75) is 39.1 Å². The number of hydrogen-bond donors (Lipinski definition) is 1. The standard InChI is InChI=1S/C14H19F4NO/c1-4-20-13(8(2)3)12(19)9-5-6-10(11(15)7-9)14(16,17)18/h5-8,12-13H,4,19H2,1-3H3. The summed E-state index contributed by atoms with van der Waals surface area (Å²) in [5.74, 6) is -1.25. The first-order valence-electron chi connectivity index (χ1n) is 6.42. The average Bonchev–Trinajstić information content (AvgIpc) is 2.33. The van der Waals surface area contributed by atoms with Crippen LogP contribution in [0.1, 0.15) is 37.9 Å². The number of ether oxygens (including phenoxy) is 1. The van der Waals surface area contributed by atoms with Gasteiger partial charge in [0, 0.05) is 6.61 Å². The predicted octanol–water partition coefficient (Wildman–Crippen LogP) is 3.91. The van der Waals surface area contributed by atoms with E-state index >= 15 is 0 Å². The molecule has 0 aliphatic carbocycles. The van der Waals surface area contributed by atoms with Crippen LogP contribution in [0.15, 0.2) is 18.2 Å². The van der Waals surface area contributed by atoms with E-state index in [1.165, 1.54) is 6.07 Å². The molecule has 2 nitrogen and oxygen atoms in total. The van der Waals surface area contributed by atoms with E-state index in [2.05, 4.69) is 0 Å². The van der Waals surface area contributed by atoms with Gasteiger partial charge in [0.15, 0.2) is 0 Å². The average molecular weight is 293 g/mol. The third kappa shape index (κ3) is 3.93. The molecule has 20 heavy (non-hydrogen) atoms. The highest BCUT2D eigenvalue weighted by Crippen LogP contribution is 2.33. The van der Waals surface area contributed by atoms with Gasteiger partial charge in [-0.25, -0.2) is 4.39 Å². The van der Waals surface area contributed by atoms with E-state index in [-0.39, 0.29) is 12.0 Å². The molecule has 2 N–H and O–H groups in total. The zero-order valence-corrected chi connectivity index (χ0v) is 11.7. The lowest BCUT2D eigenvalue weighted by atomic mass is 9.93. The van der Waals surface area contributed by atoms with Crippen LogP contribution in [-0.2, 0) is 10.9 Å². The number of hydrogen-bond acceptors (Lipinski definition) is 2. The summed E-state index contributed by atoms with van der Waals surface area (Å²) in [6.45, 7) is 6.01. The monoisotopic (exact) mass is 293 g/mol. The fourth-order valence-electron chi connectivity index (χ4n) is 2.06. The Morgan fingerprint density at radius 3 is 2.25 bits per heavy atom. The molecule has 0 aliphatic heterocycles. The second-order valence-corrected chi connectivity index (χ2v) is 4.93. The SMILES string of the molecule is CCOC(C(C)C)C(N)c1ccc(C(F)(F)F)c(F)c1. The van der Waals surface area contributed by atoms with Gasteiger partial charge >= 0.3 is 6.18 Å². The molecular weight excluding hydrogens is 274 g/mol. The highest BCUT2D eigenvalue weighted by Gasteiger charge is 2.34. The lowest BCUT2D eigenvalue weighted by molar-refractivity contribution is -0.140. The van der Waals surface area contributed by atoms with Crippen LogP contribution < -0.4 is 5.73 Å². The Morgan fingerprint density at radius 2 is 1.85 bits per heavy atom. The number of benzene rings is 1. The molecule has 6 heteroatoms. The van der Waals surface area contributed by atoms with E-state index in [0.29, 0.717) is 18.2 Å². The number of nitrogens with two attached hydrogens (primary N) is 1. The summed E-state index contributed by atoms with van der Waals surface area (Å²) in [6, 6.07) is 2.08. The van der Waals surface area contributed by atoms with Crippen LogP contribution in [0.5, 0.6) is 0 Å². The van der Waals surface area contributed by atoms with Gasteiger partial charge in [0.05, 0.1) is 17.7 Å². The van der Waals surface area contributed by atoms with Crippen molar-refractivity contribution < 1.29 is 22.3 Å². The van der Waals surface area contributed by atoms with Gasteiger partial charge in [0.1, 0.15) is 5.82 Å². The van der Waals surface area contributed by atoms with Crippen LogP contribution in [0.25, 0.3) is 0 Å². The van der Waals surface area contributed by atoms with Crippen molar-refractivity contribution >= 4 is 0 Å². The van der Waals surface area contributed by atoms with Gasteiger partial charge in [-0.2, -0.15) is 13.2 Å². The van der Waals surface area contributed by atoms with E-state index in [1.807, 2.05) is 13.8 Å². The molecule has 2 atom stereocenters. The van der Waals surface area contributed by atoms with Crippen LogP contribution in [-0.4, -0.2) is 12.7 Å². The van der Waals surface area contributed by atoms with Gasteiger partial charge in [0.2, 0.25) is 0 Å². The molecule has 0 fully saturated rings. The van der Waals surface area contributed by atoms with Crippen molar-refractivity contribution in [2.24, 2.45) is 11.7 Å². The van der Waals surface area contributed by atoms with E-state index in [1.54, 1.807) is 6.92 Å². The molecule has 0 aliphatic rings. The maximum absolute atomic E-state index is 13.5. The van der Waals surface area contributed by atoms with Gasteiger partial charge < -0.3 is 10.5 Å². The smallest absolute Gasteiger partial charge is 0.376 e. The van der Waals surface area contributed by atoms with E-state index in [0.717, 1.165) is 6.07 Å². The number of halogens is 4. The lowest BCUT2D eigenvalue weighted by Gasteiger charge is -2.27. The summed E-state index contributed by atoms with van der Waals surface area (Å²) < 4.78 is 56.5. The van der Waals surface area contributed by atoms with E-state index in [4.69, 9.17) is 10.5 Å². The summed E-state index contributed by atoms with van der Waals surface area (Å²) in [4.78, 5) is 0. The first-order chi connectivity index (χ1) is 9.18. The van der Waals surface area contributed by atoms with E-state index < -0.39 is 23.6 Å². The third-order valence-corrected chi connectivity index (χ3v) is 3.05. The Kier molecular flexibility index (Phi) is 5.53. The van der Waals surface area contributed by atoms with Gasteiger partial charge in [-0.15, -0.1) is 0 Å². The molecule has 0 spiro atoms. The van der Waals surface area contributed by atoms with Gasteiger partial charge in [0.25, 0.3) is 0 Å². The van der Waals surface area contributed by atoms with Crippen molar-refractivity contribution in [3.63, 3.8) is 0 Å². The zero-order chi connectivity index (χ0) is 15.5. The topological polar surface area (TPSA) is 35.2 Å². The molecule has 1 aromatic carbocycles. The molecule has 0 aromatic heterocycles. The van der Waals surface area contributed by atoms with Crippen molar-refractivity contribution in [3.05, 3.63) is 35.1 Å². The second kappa shape index (κ2) is 6.54. The molecular formula is C14H19F4NO. The molecule has 1 aromatic rings. The third-order valence-electron chi connectivity index (χ3n) is 3.05. The van der Waals surface area contributed by atoms with Crippen LogP contribution in [0.4, 0.5) is 17.6 Å². The highest BCUT2D eigenvalue weighted by molar-refractivity contribution is 5.29. The summed E-state index contributed by atoms with van der Waals surface area (Å²) in [5, 5.41) is 0. The summed E-state index contributed by atoms with van der Waals surface area (Å²) in [6.07, 6.45) is -5.08.